The lowest BCUT2D eigenvalue weighted by Gasteiger charge is -2.23. The highest BCUT2D eigenvalue weighted by Crippen LogP contribution is 2.10. The van der Waals surface area contributed by atoms with Crippen LogP contribution in [0.3, 0.4) is 0 Å². The van der Waals surface area contributed by atoms with Gasteiger partial charge in [-0.15, -0.1) is 0 Å². The number of nitrogens with one attached hydrogen (secondary N) is 1. The molecule has 7 heteroatoms. The lowest BCUT2D eigenvalue weighted by atomic mass is 10.1. The Morgan fingerprint density at radius 2 is 2.00 bits per heavy atom. The van der Waals surface area contributed by atoms with Crippen LogP contribution in [-0.4, -0.2) is 53.9 Å². The van der Waals surface area contributed by atoms with Gasteiger partial charge in [0.15, 0.2) is 0 Å². The maximum absolute atomic E-state index is 12.4. The predicted molar refractivity (Wildman–Crippen MR) is 85.2 cm³/mol. The number of carbonyl (C=O) groups excluding carboxylic acids is 3. The highest BCUT2D eigenvalue weighted by molar-refractivity contribution is 5.89. The van der Waals surface area contributed by atoms with Crippen LogP contribution in [0.2, 0.25) is 0 Å². The third-order valence-electron chi connectivity index (χ3n) is 3.78. The molecule has 3 N–H and O–H groups in total. The molecule has 4 amide bonds. The van der Waals surface area contributed by atoms with E-state index < -0.39 is 11.9 Å². The summed E-state index contributed by atoms with van der Waals surface area (Å²) in [6.45, 7) is 0.583. The molecule has 0 aliphatic carbocycles. The van der Waals surface area contributed by atoms with Gasteiger partial charge >= 0.3 is 6.03 Å². The first kappa shape index (κ1) is 16.8. The summed E-state index contributed by atoms with van der Waals surface area (Å²) in [4.78, 5) is 38.6. The molecule has 1 saturated heterocycles. The third kappa shape index (κ3) is 4.70. The number of nitrogens with two attached hydrogens (primary N) is 1. The van der Waals surface area contributed by atoms with E-state index in [1.807, 2.05) is 30.3 Å². The molecule has 7 nitrogen and oxygen atoms in total. The van der Waals surface area contributed by atoms with Gasteiger partial charge in [-0.25, -0.2) is 4.79 Å². The Kier molecular flexibility index (Phi) is 5.56. The van der Waals surface area contributed by atoms with Gasteiger partial charge in [0.25, 0.3) is 0 Å². The van der Waals surface area contributed by atoms with E-state index in [1.165, 1.54) is 9.80 Å². The van der Waals surface area contributed by atoms with Gasteiger partial charge in [-0.05, 0) is 12.0 Å². The van der Waals surface area contributed by atoms with Crippen LogP contribution in [0.25, 0.3) is 0 Å². The van der Waals surface area contributed by atoms with Gasteiger partial charge in [0.05, 0.1) is 6.67 Å². The zero-order valence-electron chi connectivity index (χ0n) is 13.2. The molecule has 1 atom stereocenters. The summed E-state index contributed by atoms with van der Waals surface area (Å²) in [7, 11) is 1.67. The second-order valence-electron chi connectivity index (χ2n) is 5.70. The summed E-state index contributed by atoms with van der Waals surface area (Å²) < 4.78 is 0. The maximum Gasteiger partial charge on any atom is 0.319 e. The van der Waals surface area contributed by atoms with Gasteiger partial charge in [-0.2, -0.15) is 0 Å². The average Bonchev–Trinajstić information content (AvgIpc) is 2.61. The minimum absolute atomic E-state index is 0.125. The average molecular weight is 318 g/mol. The summed E-state index contributed by atoms with van der Waals surface area (Å²) in [5, 5.41) is 2.78. The number of likely N-dealkylation sites (N-methyl/N-ethyl adjacent to an activating group) is 1. The molecule has 1 fully saturated rings. The fraction of sp³-hybridized carbons (Fsp3) is 0.438. The number of rotatable bonds is 6. The highest BCUT2D eigenvalue weighted by Gasteiger charge is 2.31. The fourth-order valence-electron chi connectivity index (χ4n) is 2.56. The van der Waals surface area contributed by atoms with Crippen molar-refractivity contribution in [3.63, 3.8) is 0 Å². The number of nitrogens with zero attached hydrogens (tertiary/aromatic N) is 2. The van der Waals surface area contributed by atoms with Crippen molar-refractivity contribution < 1.29 is 14.4 Å². The zero-order chi connectivity index (χ0) is 16.8. The molecule has 0 unspecified atom stereocenters. The molecule has 0 aromatic heterocycles. The summed E-state index contributed by atoms with van der Waals surface area (Å²) in [5.41, 5.74) is 6.10. The van der Waals surface area contributed by atoms with Crippen LogP contribution in [0.4, 0.5) is 4.79 Å². The Balaban J connectivity index is 2.02. The summed E-state index contributed by atoms with van der Waals surface area (Å²) in [6.07, 6.45) is 1.15. The van der Waals surface area contributed by atoms with Crippen molar-refractivity contribution in [1.29, 1.82) is 0 Å². The van der Waals surface area contributed by atoms with Gasteiger partial charge in [0.1, 0.15) is 6.04 Å². The van der Waals surface area contributed by atoms with E-state index in [1.54, 1.807) is 7.05 Å². The molecule has 23 heavy (non-hydrogen) atoms. The largest absolute Gasteiger partial charge is 0.370 e. The molecule has 0 spiro atoms. The first-order chi connectivity index (χ1) is 11.0. The summed E-state index contributed by atoms with van der Waals surface area (Å²) in [5.74, 6) is -0.522. The van der Waals surface area contributed by atoms with Gasteiger partial charge in [0.2, 0.25) is 11.8 Å². The molecule has 0 saturated carbocycles. The van der Waals surface area contributed by atoms with Crippen LogP contribution in [-0.2, 0) is 16.0 Å². The summed E-state index contributed by atoms with van der Waals surface area (Å²) in [6, 6.07) is 8.67. The van der Waals surface area contributed by atoms with Crippen molar-refractivity contribution in [2.75, 3.05) is 20.3 Å². The molecule has 1 aliphatic rings. The highest BCUT2D eigenvalue weighted by atomic mass is 16.2. The Bertz CT molecular complexity index is 576. The molecule has 1 heterocycles. The molecular formula is C16H22N4O3. The molecule has 1 aliphatic heterocycles. The normalized spacial score (nSPS) is 18.6. The molecular weight excluding hydrogens is 296 g/mol. The van der Waals surface area contributed by atoms with E-state index in [2.05, 4.69) is 5.32 Å². The van der Waals surface area contributed by atoms with Crippen LogP contribution in [0.5, 0.6) is 0 Å². The quantitative estimate of drug-likeness (QED) is 0.790. The van der Waals surface area contributed by atoms with E-state index in [-0.39, 0.29) is 25.0 Å². The molecule has 124 valence electrons. The van der Waals surface area contributed by atoms with Crippen molar-refractivity contribution in [3.05, 3.63) is 35.9 Å². The standard InChI is InChI=1S/C16H22N4O3/c1-19-11-20(9-5-8-14(17)21)16(23)18-13(15(19)22)10-12-6-3-2-4-7-12/h2-4,6-7,13H,5,8-11H2,1H3,(H2,17,21)(H,18,23)/t13-/m0/s1. The topological polar surface area (TPSA) is 95.7 Å². The van der Waals surface area contributed by atoms with Gasteiger partial charge in [-0.3, -0.25) is 9.59 Å². The molecule has 2 rings (SSSR count). The van der Waals surface area contributed by atoms with E-state index in [9.17, 15) is 14.4 Å². The number of carbonyl (C=O) groups is 3. The molecule has 0 bridgehead atoms. The smallest absolute Gasteiger partial charge is 0.319 e. The van der Waals surface area contributed by atoms with Gasteiger partial charge < -0.3 is 20.9 Å². The molecule has 0 radical (unpaired) electrons. The predicted octanol–water partition coefficient (Wildman–Crippen LogP) is 0.304. The van der Waals surface area contributed by atoms with Crippen LogP contribution < -0.4 is 11.1 Å². The SMILES string of the molecule is CN1CN(CCCC(N)=O)C(=O)N[C@@H](Cc2ccccc2)C1=O. The molecule has 1 aromatic carbocycles. The number of benzene rings is 1. The second-order valence-corrected chi connectivity index (χ2v) is 5.70. The van der Waals surface area contributed by atoms with Gasteiger partial charge in [-0.1, -0.05) is 30.3 Å². The lowest BCUT2D eigenvalue weighted by Crippen LogP contribution is -2.45. The number of amides is 4. The Morgan fingerprint density at radius 3 is 2.65 bits per heavy atom. The van der Waals surface area contributed by atoms with Crippen molar-refractivity contribution in [1.82, 2.24) is 15.1 Å². The Hall–Kier alpha value is -2.57. The zero-order valence-corrected chi connectivity index (χ0v) is 13.2. The third-order valence-corrected chi connectivity index (χ3v) is 3.78. The lowest BCUT2D eigenvalue weighted by molar-refractivity contribution is -0.132. The number of hydrogen-bond donors (Lipinski definition) is 2. The van der Waals surface area contributed by atoms with E-state index >= 15 is 0 Å². The van der Waals surface area contributed by atoms with Crippen LogP contribution in [0.1, 0.15) is 18.4 Å². The van der Waals surface area contributed by atoms with E-state index in [0.29, 0.717) is 19.4 Å². The monoisotopic (exact) mass is 318 g/mol. The maximum atomic E-state index is 12.4. The Morgan fingerprint density at radius 1 is 1.30 bits per heavy atom. The van der Waals surface area contributed by atoms with Crippen molar-refractivity contribution in [2.45, 2.75) is 25.3 Å². The minimum atomic E-state index is -0.587. The van der Waals surface area contributed by atoms with Crippen LogP contribution in [0, 0.1) is 0 Å². The van der Waals surface area contributed by atoms with Crippen molar-refractivity contribution in [2.24, 2.45) is 5.73 Å². The first-order valence-electron chi connectivity index (χ1n) is 7.60. The fourth-order valence-corrected chi connectivity index (χ4v) is 2.56. The Labute approximate surface area is 135 Å². The van der Waals surface area contributed by atoms with Crippen LogP contribution >= 0.6 is 0 Å². The van der Waals surface area contributed by atoms with Gasteiger partial charge in [0, 0.05) is 26.4 Å². The number of hydrogen-bond acceptors (Lipinski definition) is 3. The number of primary amides is 1. The summed E-state index contributed by atoms with van der Waals surface area (Å²) >= 11 is 0. The van der Waals surface area contributed by atoms with Crippen molar-refractivity contribution >= 4 is 17.8 Å². The molecule has 1 aromatic rings. The minimum Gasteiger partial charge on any atom is -0.370 e. The first-order valence-corrected chi connectivity index (χ1v) is 7.60. The van der Waals surface area contributed by atoms with E-state index in [0.717, 1.165) is 5.56 Å². The second kappa shape index (κ2) is 7.62. The van der Waals surface area contributed by atoms with Crippen molar-refractivity contribution in [3.8, 4) is 0 Å². The van der Waals surface area contributed by atoms with E-state index in [4.69, 9.17) is 5.73 Å². The van der Waals surface area contributed by atoms with Crippen LogP contribution in [0.15, 0.2) is 30.3 Å². The number of urea groups is 1.